The highest BCUT2D eigenvalue weighted by Crippen LogP contribution is 2.21. The Morgan fingerprint density at radius 1 is 1.23 bits per heavy atom. The molecular formula is C19H21ClN2O3S. The van der Waals surface area contributed by atoms with E-state index in [2.05, 4.69) is 10.6 Å². The maximum atomic E-state index is 11.7. The van der Waals surface area contributed by atoms with Crippen molar-refractivity contribution in [3.63, 3.8) is 0 Å². The fourth-order valence-corrected chi connectivity index (χ4v) is 2.67. The van der Waals surface area contributed by atoms with Gasteiger partial charge in [-0.15, -0.1) is 0 Å². The number of esters is 1. The lowest BCUT2D eigenvalue weighted by Gasteiger charge is -2.18. The van der Waals surface area contributed by atoms with Gasteiger partial charge < -0.3 is 20.1 Å². The molecule has 0 aliphatic rings. The SMILES string of the molecule is COC(=O)c1cc(NC(=S)N[C@H](C)COc2ccc(C)cc2)ccc1Cl. The Kier molecular flexibility index (Phi) is 7.24. The molecule has 0 spiro atoms. The van der Waals surface area contributed by atoms with Crippen molar-refractivity contribution in [2.45, 2.75) is 19.9 Å². The fraction of sp³-hybridized carbons (Fsp3) is 0.263. The predicted molar refractivity (Wildman–Crippen MR) is 108 cm³/mol. The highest BCUT2D eigenvalue weighted by atomic mass is 35.5. The van der Waals surface area contributed by atoms with Gasteiger partial charge in [0.25, 0.3) is 0 Å². The molecule has 2 N–H and O–H groups in total. The number of benzene rings is 2. The number of hydrogen-bond acceptors (Lipinski definition) is 4. The molecule has 26 heavy (non-hydrogen) atoms. The molecule has 0 unspecified atom stereocenters. The van der Waals surface area contributed by atoms with E-state index in [9.17, 15) is 4.79 Å². The van der Waals surface area contributed by atoms with Gasteiger partial charge in [0.05, 0.1) is 23.7 Å². The zero-order valence-corrected chi connectivity index (χ0v) is 16.4. The van der Waals surface area contributed by atoms with Crippen LogP contribution in [0.15, 0.2) is 42.5 Å². The van der Waals surface area contributed by atoms with Crippen LogP contribution in [0.25, 0.3) is 0 Å². The van der Waals surface area contributed by atoms with Gasteiger partial charge in [0.2, 0.25) is 0 Å². The number of halogens is 1. The first-order valence-electron chi connectivity index (χ1n) is 8.04. The number of nitrogens with one attached hydrogen (secondary N) is 2. The Morgan fingerprint density at radius 3 is 2.58 bits per heavy atom. The molecule has 1 atom stereocenters. The molecule has 0 saturated carbocycles. The van der Waals surface area contributed by atoms with Gasteiger partial charge in [-0.25, -0.2) is 4.79 Å². The van der Waals surface area contributed by atoms with Crippen molar-refractivity contribution in [3.05, 3.63) is 58.6 Å². The van der Waals surface area contributed by atoms with E-state index in [1.165, 1.54) is 12.7 Å². The Labute approximate surface area is 163 Å². The number of carbonyl (C=O) groups excluding carboxylic acids is 1. The van der Waals surface area contributed by atoms with Gasteiger partial charge in [-0.05, 0) is 56.4 Å². The molecular weight excluding hydrogens is 372 g/mol. The van der Waals surface area contributed by atoms with Crippen LogP contribution in [0.2, 0.25) is 5.02 Å². The average Bonchev–Trinajstić information content (AvgIpc) is 2.62. The van der Waals surface area contributed by atoms with Crippen LogP contribution >= 0.6 is 23.8 Å². The maximum absolute atomic E-state index is 11.7. The minimum Gasteiger partial charge on any atom is -0.491 e. The smallest absolute Gasteiger partial charge is 0.339 e. The lowest BCUT2D eigenvalue weighted by Crippen LogP contribution is -2.39. The highest BCUT2D eigenvalue weighted by molar-refractivity contribution is 7.80. The molecule has 0 amide bonds. The number of rotatable bonds is 6. The Hall–Kier alpha value is -2.31. The maximum Gasteiger partial charge on any atom is 0.339 e. The third-order valence-corrected chi connectivity index (χ3v) is 4.08. The van der Waals surface area contributed by atoms with E-state index < -0.39 is 5.97 Å². The van der Waals surface area contributed by atoms with Crippen LogP contribution in [0, 0.1) is 6.92 Å². The van der Waals surface area contributed by atoms with Crippen molar-refractivity contribution in [2.24, 2.45) is 0 Å². The standard InChI is InChI=1S/C19H21ClN2O3S/c1-12-4-7-15(8-5-12)25-11-13(2)21-19(26)22-14-6-9-17(20)16(10-14)18(23)24-3/h4-10,13H,11H2,1-3H3,(H2,21,22,26)/t13-/m1/s1. The van der Waals surface area contributed by atoms with Crippen LogP contribution in [-0.2, 0) is 4.74 Å². The highest BCUT2D eigenvalue weighted by Gasteiger charge is 2.12. The zero-order chi connectivity index (χ0) is 19.1. The van der Waals surface area contributed by atoms with Crippen molar-refractivity contribution >= 4 is 40.6 Å². The summed E-state index contributed by atoms with van der Waals surface area (Å²) in [5, 5.41) is 6.90. The number of ether oxygens (including phenoxy) is 2. The molecule has 2 aromatic rings. The summed E-state index contributed by atoms with van der Waals surface area (Å²) in [6.45, 7) is 4.45. The number of anilines is 1. The molecule has 0 aromatic heterocycles. The molecule has 2 aromatic carbocycles. The summed E-state index contributed by atoms with van der Waals surface area (Å²) in [5.41, 5.74) is 2.10. The number of aryl methyl sites for hydroxylation is 1. The van der Waals surface area contributed by atoms with Crippen LogP contribution in [0.5, 0.6) is 5.75 Å². The number of carbonyl (C=O) groups is 1. The monoisotopic (exact) mass is 392 g/mol. The van der Waals surface area contributed by atoms with Gasteiger partial charge >= 0.3 is 5.97 Å². The van der Waals surface area contributed by atoms with E-state index in [1.54, 1.807) is 18.2 Å². The van der Waals surface area contributed by atoms with Crippen LogP contribution in [0.1, 0.15) is 22.8 Å². The summed E-state index contributed by atoms with van der Waals surface area (Å²) in [4.78, 5) is 11.7. The van der Waals surface area contributed by atoms with Crippen molar-refractivity contribution in [1.29, 1.82) is 0 Å². The normalized spacial score (nSPS) is 11.4. The van der Waals surface area contributed by atoms with Crippen molar-refractivity contribution < 1.29 is 14.3 Å². The molecule has 0 heterocycles. The predicted octanol–water partition coefficient (Wildman–Crippen LogP) is 4.19. The van der Waals surface area contributed by atoms with Gasteiger partial charge in [0.15, 0.2) is 5.11 Å². The van der Waals surface area contributed by atoms with Gasteiger partial charge in [0, 0.05) is 5.69 Å². The molecule has 0 saturated heterocycles. The molecule has 2 rings (SSSR count). The summed E-state index contributed by atoms with van der Waals surface area (Å²) in [7, 11) is 1.31. The quantitative estimate of drug-likeness (QED) is 0.567. The van der Waals surface area contributed by atoms with E-state index in [-0.39, 0.29) is 11.6 Å². The third kappa shape index (κ3) is 5.89. The Bertz CT molecular complexity index is 781. The molecule has 0 aliphatic heterocycles. The van der Waals surface area contributed by atoms with Crippen molar-refractivity contribution in [2.75, 3.05) is 19.0 Å². The first kappa shape index (κ1) is 20.0. The van der Waals surface area contributed by atoms with Gasteiger partial charge in [-0.3, -0.25) is 0 Å². The topological polar surface area (TPSA) is 59.6 Å². The van der Waals surface area contributed by atoms with Crippen LogP contribution < -0.4 is 15.4 Å². The molecule has 0 fully saturated rings. The first-order chi connectivity index (χ1) is 12.4. The Balaban J connectivity index is 1.87. The van der Waals surface area contributed by atoms with E-state index >= 15 is 0 Å². The summed E-state index contributed by atoms with van der Waals surface area (Å²) < 4.78 is 10.4. The number of thiocarbonyl (C=S) groups is 1. The summed E-state index contributed by atoms with van der Waals surface area (Å²) in [5.74, 6) is 0.306. The molecule has 0 bridgehead atoms. The lowest BCUT2D eigenvalue weighted by molar-refractivity contribution is 0.0601. The second kappa shape index (κ2) is 9.40. The van der Waals surface area contributed by atoms with E-state index in [0.717, 1.165) is 5.75 Å². The van der Waals surface area contributed by atoms with Crippen LogP contribution in [0.3, 0.4) is 0 Å². The average molecular weight is 393 g/mol. The number of hydrogen-bond donors (Lipinski definition) is 2. The molecule has 5 nitrogen and oxygen atoms in total. The minimum absolute atomic E-state index is 0.0105. The largest absolute Gasteiger partial charge is 0.491 e. The van der Waals surface area contributed by atoms with Crippen molar-refractivity contribution in [1.82, 2.24) is 5.32 Å². The fourth-order valence-electron chi connectivity index (χ4n) is 2.16. The lowest BCUT2D eigenvalue weighted by atomic mass is 10.2. The first-order valence-corrected chi connectivity index (χ1v) is 8.82. The van der Waals surface area contributed by atoms with E-state index in [4.69, 9.17) is 33.3 Å². The third-order valence-electron chi connectivity index (χ3n) is 3.53. The molecule has 0 aliphatic carbocycles. The Morgan fingerprint density at radius 2 is 1.92 bits per heavy atom. The minimum atomic E-state index is -0.502. The summed E-state index contributed by atoms with van der Waals surface area (Å²) in [6.07, 6.45) is 0. The summed E-state index contributed by atoms with van der Waals surface area (Å²) >= 11 is 11.3. The number of methoxy groups -OCH3 is 1. The second-order valence-corrected chi connectivity index (χ2v) is 6.63. The van der Waals surface area contributed by atoms with Gasteiger partial charge in [0.1, 0.15) is 12.4 Å². The molecule has 7 heteroatoms. The zero-order valence-electron chi connectivity index (χ0n) is 14.8. The summed E-state index contributed by atoms with van der Waals surface area (Å²) in [6, 6.07) is 12.8. The van der Waals surface area contributed by atoms with Gasteiger partial charge in [-0.2, -0.15) is 0 Å². The molecule has 138 valence electrons. The van der Waals surface area contributed by atoms with E-state index in [0.29, 0.717) is 22.4 Å². The van der Waals surface area contributed by atoms with Crippen molar-refractivity contribution in [3.8, 4) is 5.75 Å². The van der Waals surface area contributed by atoms with E-state index in [1.807, 2.05) is 38.1 Å². The van der Waals surface area contributed by atoms with Gasteiger partial charge in [-0.1, -0.05) is 29.3 Å². The molecule has 0 radical (unpaired) electrons. The van der Waals surface area contributed by atoms with Crippen LogP contribution in [-0.4, -0.2) is 30.8 Å². The van der Waals surface area contributed by atoms with Crippen LogP contribution in [0.4, 0.5) is 5.69 Å². The second-order valence-electron chi connectivity index (χ2n) is 5.81.